The molecular formula is C8H8NS. The van der Waals surface area contributed by atoms with Crippen LogP contribution in [0, 0.1) is 6.07 Å². The molecule has 0 bridgehead atoms. The SMILES string of the molecule is CC=CSc1c[c]cnc1. The fraction of sp³-hybridized carbons (Fsp3) is 0.125. The highest BCUT2D eigenvalue weighted by Crippen LogP contribution is 2.15. The highest BCUT2D eigenvalue weighted by Gasteiger charge is 1.85. The third kappa shape index (κ3) is 2.23. The number of thioether (sulfide) groups is 1. The van der Waals surface area contributed by atoms with Gasteiger partial charge in [-0.05, 0) is 18.4 Å². The second kappa shape index (κ2) is 4.12. The molecule has 10 heavy (non-hydrogen) atoms. The van der Waals surface area contributed by atoms with Gasteiger partial charge in [-0.2, -0.15) is 0 Å². The second-order valence-electron chi connectivity index (χ2n) is 1.71. The van der Waals surface area contributed by atoms with Crippen molar-refractivity contribution in [2.45, 2.75) is 11.8 Å². The summed E-state index contributed by atoms with van der Waals surface area (Å²) >= 11 is 1.65. The van der Waals surface area contributed by atoms with Crippen LogP contribution in [0.1, 0.15) is 6.92 Å². The number of allylic oxidation sites excluding steroid dienone is 1. The van der Waals surface area contributed by atoms with Gasteiger partial charge >= 0.3 is 0 Å². The monoisotopic (exact) mass is 150 g/mol. The molecule has 1 rings (SSSR count). The maximum atomic E-state index is 3.93. The Morgan fingerprint density at radius 3 is 3.20 bits per heavy atom. The number of nitrogens with zero attached hydrogens (tertiary/aromatic N) is 1. The lowest BCUT2D eigenvalue weighted by atomic mass is 10.5. The Morgan fingerprint density at radius 2 is 2.60 bits per heavy atom. The quantitative estimate of drug-likeness (QED) is 0.601. The van der Waals surface area contributed by atoms with Gasteiger partial charge in [0.05, 0.1) is 0 Å². The fourth-order valence-electron chi connectivity index (χ4n) is 0.521. The third-order valence-electron chi connectivity index (χ3n) is 0.917. The molecule has 1 aromatic heterocycles. The van der Waals surface area contributed by atoms with Crippen LogP contribution in [0.5, 0.6) is 0 Å². The van der Waals surface area contributed by atoms with Gasteiger partial charge in [-0.25, -0.2) is 0 Å². The maximum Gasteiger partial charge on any atom is 0.0407 e. The predicted octanol–water partition coefficient (Wildman–Crippen LogP) is 2.51. The van der Waals surface area contributed by atoms with Gasteiger partial charge in [-0.1, -0.05) is 17.8 Å². The Bertz CT molecular complexity index is 206. The van der Waals surface area contributed by atoms with Crippen LogP contribution in [0.3, 0.4) is 0 Å². The van der Waals surface area contributed by atoms with Crippen molar-refractivity contribution in [3.05, 3.63) is 36.0 Å². The van der Waals surface area contributed by atoms with E-state index in [0.29, 0.717) is 0 Å². The van der Waals surface area contributed by atoms with E-state index in [-0.39, 0.29) is 0 Å². The van der Waals surface area contributed by atoms with Crippen LogP contribution in [0.2, 0.25) is 0 Å². The Morgan fingerprint density at radius 1 is 1.70 bits per heavy atom. The minimum Gasteiger partial charge on any atom is -0.263 e. The smallest absolute Gasteiger partial charge is 0.0407 e. The Labute approximate surface area is 65.2 Å². The Balaban J connectivity index is 2.59. The second-order valence-corrected chi connectivity index (χ2v) is 2.69. The fourth-order valence-corrected chi connectivity index (χ4v) is 1.07. The molecule has 0 unspecified atom stereocenters. The lowest BCUT2D eigenvalue weighted by Crippen LogP contribution is -1.69. The molecule has 1 nitrogen and oxygen atoms in total. The summed E-state index contributed by atoms with van der Waals surface area (Å²) in [4.78, 5) is 5.05. The summed E-state index contributed by atoms with van der Waals surface area (Å²) in [6.07, 6.45) is 5.47. The highest BCUT2D eigenvalue weighted by molar-refractivity contribution is 8.02. The van der Waals surface area contributed by atoms with Gasteiger partial charge < -0.3 is 0 Å². The van der Waals surface area contributed by atoms with E-state index in [0.717, 1.165) is 4.90 Å². The average Bonchev–Trinajstić information content (AvgIpc) is 2.03. The zero-order valence-electron chi connectivity index (χ0n) is 5.74. The number of pyridine rings is 1. The van der Waals surface area contributed by atoms with Crippen molar-refractivity contribution in [3.8, 4) is 0 Å². The van der Waals surface area contributed by atoms with Gasteiger partial charge in [-0.15, -0.1) is 0 Å². The molecule has 0 atom stereocenters. The van der Waals surface area contributed by atoms with Crippen LogP contribution in [-0.2, 0) is 0 Å². The van der Waals surface area contributed by atoms with Gasteiger partial charge in [0.25, 0.3) is 0 Å². The van der Waals surface area contributed by atoms with E-state index >= 15 is 0 Å². The summed E-state index contributed by atoms with van der Waals surface area (Å²) in [6.45, 7) is 1.99. The first-order chi connectivity index (χ1) is 4.93. The van der Waals surface area contributed by atoms with Gasteiger partial charge in [0, 0.05) is 23.4 Å². The molecule has 0 fully saturated rings. The van der Waals surface area contributed by atoms with E-state index in [2.05, 4.69) is 11.1 Å². The molecule has 0 spiro atoms. The lowest BCUT2D eigenvalue weighted by molar-refractivity contribution is 1.24. The summed E-state index contributed by atoms with van der Waals surface area (Å²) in [5.74, 6) is 0. The van der Waals surface area contributed by atoms with Crippen LogP contribution in [0.15, 0.2) is 34.8 Å². The molecule has 1 aromatic rings. The van der Waals surface area contributed by atoms with Crippen molar-refractivity contribution in [3.63, 3.8) is 0 Å². The van der Waals surface area contributed by atoms with E-state index < -0.39 is 0 Å². The summed E-state index contributed by atoms with van der Waals surface area (Å²) in [5, 5.41) is 2.02. The van der Waals surface area contributed by atoms with E-state index in [4.69, 9.17) is 0 Å². The number of rotatable bonds is 2. The summed E-state index contributed by atoms with van der Waals surface area (Å²) in [5.41, 5.74) is 0. The van der Waals surface area contributed by atoms with Gasteiger partial charge in [-0.3, -0.25) is 4.98 Å². The molecule has 0 amide bonds. The Kier molecular flexibility index (Phi) is 3.03. The predicted molar refractivity (Wildman–Crippen MR) is 43.7 cm³/mol. The molecule has 1 heterocycles. The molecule has 1 radical (unpaired) electrons. The van der Waals surface area contributed by atoms with Crippen molar-refractivity contribution >= 4 is 11.8 Å². The molecule has 0 saturated heterocycles. The minimum atomic E-state index is 1.13. The van der Waals surface area contributed by atoms with Crippen molar-refractivity contribution < 1.29 is 0 Å². The number of hydrogen-bond acceptors (Lipinski definition) is 2. The molecule has 0 aromatic carbocycles. The molecular weight excluding hydrogens is 142 g/mol. The zero-order valence-corrected chi connectivity index (χ0v) is 6.56. The first-order valence-corrected chi connectivity index (χ1v) is 3.90. The number of hydrogen-bond donors (Lipinski definition) is 0. The number of aromatic nitrogens is 1. The topological polar surface area (TPSA) is 12.9 Å². The van der Waals surface area contributed by atoms with Gasteiger partial charge in [0.1, 0.15) is 0 Å². The maximum absolute atomic E-state index is 3.93. The average molecular weight is 150 g/mol. The molecule has 0 saturated carbocycles. The van der Waals surface area contributed by atoms with Crippen molar-refractivity contribution in [1.29, 1.82) is 0 Å². The van der Waals surface area contributed by atoms with E-state index in [1.165, 1.54) is 0 Å². The molecule has 0 aliphatic carbocycles. The van der Waals surface area contributed by atoms with Crippen LogP contribution in [0.4, 0.5) is 0 Å². The van der Waals surface area contributed by atoms with Crippen LogP contribution in [0.25, 0.3) is 0 Å². The normalized spacial score (nSPS) is 10.5. The van der Waals surface area contributed by atoms with Crippen LogP contribution >= 0.6 is 11.8 Å². The van der Waals surface area contributed by atoms with E-state index in [9.17, 15) is 0 Å². The van der Waals surface area contributed by atoms with Crippen LogP contribution < -0.4 is 0 Å². The molecule has 51 valence electrons. The minimum absolute atomic E-state index is 1.13. The zero-order chi connectivity index (χ0) is 7.23. The third-order valence-corrected chi connectivity index (χ3v) is 1.82. The van der Waals surface area contributed by atoms with Crippen molar-refractivity contribution in [2.24, 2.45) is 0 Å². The first kappa shape index (κ1) is 7.35. The summed E-state index contributed by atoms with van der Waals surface area (Å²) in [6, 6.07) is 4.82. The van der Waals surface area contributed by atoms with E-state index in [1.54, 1.807) is 18.0 Å². The highest BCUT2D eigenvalue weighted by atomic mass is 32.2. The van der Waals surface area contributed by atoms with Gasteiger partial charge in [0.15, 0.2) is 0 Å². The van der Waals surface area contributed by atoms with Crippen LogP contribution in [-0.4, -0.2) is 4.98 Å². The summed E-state index contributed by atoms with van der Waals surface area (Å²) < 4.78 is 0. The van der Waals surface area contributed by atoms with E-state index in [1.807, 2.05) is 30.7 Å². The largest absolute Gasteiger partial charge is 0.263 e. The van der Waals surface area contributed by atoms with Gasteiger partial charge in [0.2, 0.25) is 0 Å². The molecule has 0 aliphatic heterocycles. The lowest BCUT2D eigenvalue weighted by Gasteiger charge is -1.90. The first-order valence-electron chi connectivity index (χ1n) is 3.02. The van der Waals surface area contributed by atoms with Crippen molar-refractivity contribution in [1.82, 2.24) is 4.98 Å². The Hall–Kier alpha value is -0.760. The standard InChI is InChI=1S/C8H8NS/c1-2-6-10-8-4-3-5-9-7-8/h2,4-7H,1H3. The molecule has 0 aliphatic rings. The molecule has 2 heteroatoms. The summed E-state index contributed by atoms with van der Waals surface area (Å²) in [7, 11) is 0. The molecule has 0 N–H and O–H groups in total. The van der Waals surface area contributed by atoms with Crippen molar-refractivity contribution in [2.75, 3.05) is 0 Å².